The number of hydrogen-bond donors (Lipinski definition) is 1. The summed E-state index contributed by atoms with van der Waals surface area (Å²) in [6.45, 7) is 4.00. The van der Waals surface area contributed by atoms with Crippen LogP contribution < -0.4 is 0 Å². The zero-order chi connectivity index (χ0) is 12.8. The second-order valence-corrected chi connectivity index (χ2v) is 4.52. The van der Waals surface area contributed by atoms with Gasteiger partial charge in [0.1, 0.15) is 0 Å². The quantitative estimate of drug-likeness (QED) is 0.873. The van der Waals surface area contributed by atoms with Gasteiger partial charge < -0.3 is 9.84 Å². The standard InChI is InChI=1S/C14H18N2O2/c15-10-12-2-4-13(5-3-12)14(17)11-16-6-1-8-18-9-7-16/h2-5,14,17H,1,6-9,11H2/t14-/m1/s1. The van der Waals surface area contributed by atoms with Gasteiger partial charge in [0, 0.05) is 26.2 Å². The SMILES string of the molecule is N#Cc1ccc([C@H](O)CN2CCCOCC2)cc1. The number of aliphatic hydroxyl groups is 1. The van der Waals surface area contributed by atoms with Gasteiger partial charge in [0.15, 0.2) is 0 Å². The van der Waals surface area contributed by atoms with Gasteiger partial charge >= 0.3 is 0 Å². The minimum atomic E-state index is -0.504. The van der Waals surface area contributed by atoms with Crippen LogP contribution >= 0.6 is 0 Å². The number of ether oxygens (including phenoxy) is 1. The number of rotatable bonds is 3. The molecule has 1 atom stereocenters. The summed E-state index contributed by atoms with van der Waals surface area (Å²) in [5.41, 5.74) is 1.48. The molecular formula is C14H18N2O2. The van der Waals surface area contributed by atoms with E-state index in [4.69, 9.17) is 10.00 Å². The Morgan fingerprint density at radius 2 is 2.06 bits per heavy atom. The van der Waals surface area contributed by atoms with E-state index in [1.165, 1.54) is 0 Å². The highest BCUT2D eigenvalue weighted by Gasteiger charge is 2.15. The van der Waals surface area contributed by atoms with E-state index in [2.05, 4.69) is 11.0 Å². The highest BCUT2D eigenvalue weighted by atomic mass is 16.5. The molecule has 0 spiro atoms. The van der Waals surface area contributed by atoms with Crippen LogP contribution in [0.5, 0.6) is 0 Å². The van der Waals surface area contributed by atoms with E-state index < -0.39 is 6.10 Å². The molecule has 1 aliphatic heterocycles. The zero-order valence-corrected chi connectivity index (χ0v) is 10.4. The highest BCUT2D eigenvalue weighted by molar-refractivity contribution is 5.32. The molecule has 4 nitrogen and oxygen atoms in total. The normalized spacial score (nSPS) is 18.9. The van der Waals surface area contributed by atoms with E-state index >= 15 is 0 Å². The molecule has 1 aliphatic rings. The van der Waals surface area contributed by atoms with Crippen molar-refractivity contribution >= 4 is 0 Å². The average Bonchev–Trinajstić information content (AvgIpc) is 2.67. The molecule has 0 radical (unpaired) electrons. The molecule has 1 heterocycles. The number of benzene rings is 1. The predicted molar refractivity (Wildman–Crippen MR) is 68.0 cm³/mol. The van der Waals surface area contributed by atoms with Crippen LogP contribution in [0.2, 0.25) is 0 Å². The summed E-state index contributed by atoms with van der Waals surface area (Å²) in [7, 11) is 0. The summed E-state index contributed by atoms with van der Waals surface area (Å²) in [4.78, 5) is 2.22. The molecule has 1 N–H and O–H groups in total. The molecule has 0 unspecified atom stereocenters. The first-order chi connectivity index (χ1) is 8.79. The van der Waals surface area contributed by atoms with E-state index in [1.807, 2.05) is 12.1 Å². The lowest BCUT2D eigenvalue weighted by molar-refractivity contribution is 0.103. The van der Waals surface area contributed by atoms with Gasteiger partial charge in [-0.05, 0) is 24.1 Å². The van der Waals surface area contributed by atoms with Crippen LogP contribution in [0.3, 0.4) is 0 Å². The molecule has 1 aromatic carbocycles. The maximum atomic E-state index is 10.2. The first-order valence-corrected chi connectivity index (χ1v) is 6.28. The molecule has 1 fully saturated rings. The van der Waals surface area contributed by atoms with Crippen molar-refractivity contribution < 1.29 is 9.84 Å². The van der Waals surface area contributed by atoms with E-state index in [-0.39, 0.29) is 0 Å². The fourth-order valence-electron chi connectivity index (χ4n) is 2.11. The van der Waals surface area contributed by atoms with E-state index in [0.29, 0.717) is 12.1 Å². The van der Waals surface area contributed by atoms with Crippen molar-refractivity contribution in [3.8, 4) is 6.07 Å². The zero-order valence-electron chi connectivity index (χ0n) is 10.4. The van der Waals surface area contributed by atoms with Gasteiger partial charge in [0.05, 0.1) is 24.3 Å². The van der Waals surface area contributed by atoms with Gasteiger partial charge in [-0.2, -0.15) is 5.26 Å². The third-order valence-corrected chi connectivity index (χ3v) is 3.17. The minimum absolute atomic E-state index is 0.504. The average molecular weight is 246 g/mol. The molecule has 4 heteroatoms. The van der Waals surface area contributed by atoms with Crippen molar-refractivity contribution in [2.45, 2.75) is 12.5 Å². The van der Waals surface area contributed by atoms with Gasteiger partial charge in [0.25, 0.3) is 0 Å². The smallest absolute Gasteiger partial charge is 0.0991 e. The third-order valence-electron chi connectivity index (χ3n) is 3.17. The second kappa shape index (κ2) is 6.50. The lowest BCUT2D eigenvalue weighted by Gasteiger charge is -2.22. The lowest BCUT2D eigenvalue weighted by Crippen LogP contribution is -2.31. The fraction of sp³-hybridized carbons (Fsp3) is 0.500. The minimum Gasteiger partial charge on any atom is -0.387 e. The van der Waals surface area contributed by atoms with Crippen LogP contribution in [-0.4, -0.2) is 42.9 Å². The van der Waals surface area contributed by atoms with Crippen molar-refractivity contribution in [1.82, 2.24) is 4.90 Å². The van der Waals surface area contributed by atoms with E-state index in [1.54, 1.807) is 12.1 Å². The number of hydrogen-bond acceptors (Lipinski definition) is 4. The lowest BCUT2D eigenvalue weighted by atomic mass is 10.1. The maximum Gasteiger partial charge on any atom is 0.0991 e. The summed E-state index contributed by atoms with van der Waals surface area (Å²) in [5, 5.41) is 18.9. The number of nitriles is 1. The molecular weight excluding hydrogens is 228 g/mol. The fourth-order valence-corrected chi connectivity index (χ4v) is 2.11. The Labute approximate surface area is 107 Å². The molecule has 0 saturated carbocycles. The Balaban J connectivity index is 1.93. The molecule has 1 aromatic rings. The molecule has 0 bridgehead atoms. The maximum absolute atomic E-state index is 10.2. The Bertz CT molecular complexity index is 403. The second-order valence-electron chi connectivity index (χ2n) is 4.52. The van der Waals surface area contributed by atoms with Crippen LogP contribution in [0.15, 0.2) is 24.3 Å². The number of aliphatic hydroxyl groups excluding tert-OH is 1. The Hall–Kier alpha value is -1.41. The summed E-state index contributed by atoms with van der Waals surface area (Å²) >= 11 is 0. The van der Waals surface area contributed by atoms with Crippen molar-refractivity contribution in [3.63, 3.8) is 0 Å². The molecule has 0 aliphatic carbocycles. The number of nitrogens with zero attached hydrogens (tertiary/aromatic N) is 2. The topological polar surface area (TPSA) is 56.5 Å². The summed E-state index contributed by atoms with van der Waals surface area (Å²) in [6.07, 6.45) is 0.510. The van der Waals surface area contributed by atoms with Crippen LogP contribution in [0, 0.1) is 11.3 Å². The molecule has 96 valence electrons. The van der Waals surface area contributed by atoms with Crippen LogP contribution in [-0.2, 0) is 4.74 Å². The molecule has 18 heavy (non-hydrogen) atoms. The first kappa shape index (κ1) is 13.0. The van der Waals surface area contributed by atoms with Gasteiger partial charge in [-0.25, -0.2) is 0 Å². The van der Waals surface area contributed by atoms with Crippen LogP contribution in [0.1, 0.15) is 23.7 Å². The Morgan fingerprint density at radius 3 is 2.78 bits per heavy atom. The molecule has 0 amide bonds. The van der Waals surface area contributed by atoms with Crippen molar-refractivity contribution in [1.29, 1.82) is 5.26 Å². The highest BCUT2D eigenvalue weighted by Crippen LogP contribution is 2.15. The van der Waals surface area contributed by atoms with Crippen molar-refractivity contribution in [2.24, 2.45) is 0 Å². The van der Waals surface area contributed by atoms with Crippen LogP contribution in [0.4, 0.5) is 0 Å². The van der Waals surface area contributed by atoms with Gasteiger partial charge in [0.2, 0.25) is 0 Å². The number of β-amino-alcohol motifs (C(OH)–C–C–N with tert-alkyl or cyclic N) is 1. The summed E-state index contributed by atoms with van der Waals surface area (Å²) in [5.74, 6) is 0. The molecule has 1 saturated heterocycles. The van der Waals surface area contributed by atoms with Crippen molar-refractivity contribution in [3.05, 3.63) is 35.4 Å². The predicted octanol–water partition coefficient (Wildman–Crippen LogP) is 1.31. The molecule has 0 aromatic heterocycles. The van der Waals surface area contributed by atoms with Gasteiger partial charge in [-0.15, -0.1) is 0 Å². The van der Waals surface area contributed by atoms with E-state index in [0.717, 1.165) is 38.3 Å². The first-order valence-electron chi connectivity index (χ1n) is 6.28. The summed E-state index contributed by atoms with van der Waals surface area (Å²) in [6, 6.07) is 9.19. The Morgan fingerprint density at radius 1 is 1.28 bits per heavy atom. The largest absolute Gasteiger partial charge is 0.387 e. The van der Waals surface area contributed by atoms with Crippen molar-refractivity contribution in [2.75, 3.05) is 32.8 Å². The van der Waals surface area contributed by atoms with Gasteiger partial charge in [-0.3, -0.25) is 4.90 Å². The Kier molecular flexibility index (Phi) is 4.71. The monoisotopic (exact) mass is 246 g/mol. The van der Waals surface area contributed by atoms with Crippen LogP contribution in [0.25, 0.3) is 0 Å². The molecule has 2 rings (SSSR count). The van der Waals surface area contributed by atoms with E-state index in [9.17, 15) is 5.11 Å². The third kappa shape index (κ3) is 3.54. The van der Waals surface area contributed by atoms with Gasteiger partial charge in [-0.1, -0.05) is 12.1 Å². The summed E-state index contributed by atoms with van der Waals surface area (Å²) < 4.78 is 5.38.